The average molecular weight is 228 g/mol. The molecule has 17 heavy (non-hydrogen) atoms. The van der Waals surface area contributed by atoms with E-state index in [0.29, 0.717) is 5.92 Å². The van der Waals surface area contributed by atoms with Crippen molar-refractivity contribution in [1.29, 1.82) is 0 Å². The van der Waals surface area contributed by atoms with E-state index in [9.17, 15) is 0 Å². The van der Waals surface area contributed by atoms with Crippen LogP contribution in [0, 0.1) is 5.92 Å². The average Bonchev–Trinajstić information content (AvgIpc) is 2.38. The third kappa shape index (κ3) is 6.11. The predicted molar refractivity (Wildman–Crippen MR) is 77.1 cm³/mol. The molecule has 1 aromatic carbocycles. The van der Waals surface area contributed by atoms with Crippen LogP contribution in [0.4, 0.5) is 0 Å². The summed E-state index contributed by atoms with van der Waals surface area (Å²) in [5.74, 6) is 0.629. The van der Waals surface area contributed by atoms with Crippen LogP contribution >= 0.6 is 0 Å². The van der Waals surface area contributed by atoms with Crippen LogP contribution in [0.2, 0.25) is 0 Å². The topological polar surface area (TPSA) is 0 Å². The highest BCUT2D eigenvalue weighted by molar-refractivity contribution is 5.14. The summed E-state index contributed by atoms with van der Waals surface area (Å²) in [6.07, 6.45) is 11.5. The Morgan fingerprint density at radius 2 is 1.76 bits per heavy atom. The van der Waals surface area contributed by atoms with Crippen molar-refractivity contribution in [2.75, 3.05) is 0 Å². The molecule has 0 heteroatoms. The highest BCUT2D eigenvalue weighted by Gasteiger charge is 2.01. The van der Waals surface area contributed by atoms with Gasteiger partial charge in [0.2, 0.25) is 0 Å². The molecule has 1 atom stereocenters. The summed E-state index contributed by atoms with van der Waals surface area (Å²) in [7, 11) is 0. The number of hydrogen-bond donors (Lipinski definition) is 0. The summed E-state index contributed by atoms with van der Waals surface area (Å²) in [5.41, 5.74) is 1.46. The van der Waals surface area contributed by atoms with Gasteiger partial charge in [0, 0.05) is 0 Å². The number of rotatable bonds is 9. The molecule has 0 heterocycles. The third-order valence-electron chi connectivity index (χ3n) is 3.19. The van der Waals surface area contributed by atoms with E-state index >= 15 is 0 Å². The second-order valence-electron chi connectivity index (χ2n) is 4.61. The van der Waals surface area contributed by atoms with Crippen LogP contribution in [0.15, 0.2) is 55.6 Å². The van der Waals surface area contributed by atoms with Crippen LogP contribution in [0.5, 0.6) is 0 Å². The second-order valence-corrected chi connectivity index (χ2v) is 4.61. The summed E-state index contributed by atoms with van der Waals surface area (Å²) in [4.78, 5) is 0. The molecule has 0 bridgehead atoms. The predicted octanol–water partition coefficient (Wildman–Crippen LogP) is 5.17. The van der Waals surface area contributed by atoms with E-state index in [2.05, 4.69) is 49.6 Å². The minimum absolute atomic E-state index is 0.629. The molecule has 0 fully saturated rings. The maximum absolute atomic E-state index is 3.88. The zero-order chi connectivity index (χ0) is 12.3. The number of aryl methyl sites for hydroxylation is 1. The van der Waals surface area contributed by atoms with E-state index in [-0.39, 0.29) is 0 Å². The van der Waals surface area contributed by atoms with Gasteiger partial charge in [0.15, 0.2) is 0 Å². The van der Waals surface area contributed by atoms with Crippen LogP contribution < -0.4 is 0 Å². The fraction of sp³-hybridized carbons (Fsp3) is 0.412. The van der Waals surface area contributed by atoms with E-state index in [0.717, 1.165) is 6.42 Å². The van der Waals surface area contributed by atoms with Gasteiger partial charge in [0.1, 0.15) is 0 Å². The van der Waals surface area contributed by atoms with Crippen molar-refractivity contribution in [2.45, 2.75) is 38.5 Å². The third-order valence-corrected chi connectivity index (χ3v) is 3.19. The van der Waals surface area contributed by atoms with Crippen LogP contribution in [-0.2, 0) is 6.42 Å². The van der Waals surface area contributed by atoms with Gasteiger partial charge in [0.25, 0.3) is 0 Å². The fourth-order valence-electron chi connectivity index (χ4n) is 2.10. The lowest BCUT2D eigenvalue weighted by molar-refractivity contribution is 0.538. The lowest BCUT2D eigenvalue weighted by Gasteiger charge is -2.09. The van der Waals surface area contributed by atoms with Crippen molar-refractivity contribution >= 4 is 0 Å². The molecule has 92 valence electrons. The minimum Gasteiger partial charge on any atom is -0.103 e. The van der Waals surface area contributed by atoms with Gasteiger partial charge < -0.3 is 0 Å². The summed E-state index contributed by atoms with van der Waals surface area (Å²) < 4.78 is 0. The van der Waals surface area contributed by atoms with Gasteiger partial charge in [-0.2, -0.15) is 0 Å². The van der Waals surface area contributed by atoms with Crippen LogP contribution in [0.1, 0.15) is 37.7 Å². The Balaban J connectivity index is 2.08. The molecule has 0 saturated heterocycles. The van der Waals surface area contributed by atoms with E-state index in [1.807, 2.05) is 6.08 Å². The molecule has 0 amide bonds. The zero-order valence-electron chi connectivity index (χ0n) is 10.8. The van der Waals surface area contributed by atoms with Gasteiger partial charge in [-0.25, -0.2) is 0 Å². The highest BCUT2D eigenvalue weighted by Crippen LogP contribution is 2.16. The molecule has 0 radical (unpaired) electrons. The van der Waals surface area contributed by atoms with Crippen molar-refractivity contribution in [2.24, 2.45) is 5.92 Å². The first-order chi connectivity index (χ1) is 8.36. The van der Waals surface area contributed by atoms with Gasteiger partial charge in [-0.15, -0.1) is 13.2 Å². The molecule has 0 saturated carbocycles. The van der Waals surface area contributed by atoms with E-state index in [4.69, 9.17) is 0 Å². The number of unbranched alkanes of at least 4 members (excludes halogenated alkanes) is 2. The molecular weight excluding hydrogens is 204 g/mol. The Labute approximate surface area is 106 Å². The number of benzene rings is 1. The maximum atomic E-state index is 3.88. The quantitative estimate of drug-likeness (QED) is 0.404. The Morgan fingerprint density at radius 3 is 2.41 bits per heavy atom. The van der Waals surface area contributed by atoms with E-state index in [1.54, 1.807) is 0 Å². The van der Waals surface area contributed by atoms with E-state index < -0.39 is 0 Å². The fourth-order valence-corrected chi connectivity index (χ4v) is 2.10. The van der Waals surface area contributed by atoms with Crippen molar-refractivity contribution in [1.82, 2.24) is 0 Å². The van der Waals surface area contributed by atoms with E-state index in [1.165, 1.54) is 37.7 Å². The monoisotopic (exact) mass is 228 g/mol. The molecule has 0 aliphatic rings. The summed E-state index contributed by atoms with van der Waals surface area (Å²) in [6, 6.07) is 10.7. The maximum Gasteiger partial charge on any atom is -0.0202 e. The molecule has 0 nitrogen and oxygen atoms in total. The van der Waals surface area contributed by atoms with Crippen molar-refractivity contribution < 1.29 is 0 Å². The van der Waals surface area contributed by atoms with Crippen LogP contribution in [-0.4, -0.2) is 0 Å². The summed E-state index contributed by atoms with van der Waals surface area (Å²) in [5, 5.41) is 0. The van der Waals surface area contributed by atoms with Crippen molar-refractivity contribution in [3.05, 3.63) is 61.2 Å². The number of hydrogen-bond acceptors (Lipinski definition) is 0. The van der Waals surface area contributed by atoms with Crippen molar-refractivity contribution in [3.8, 4) is 0 Å². The van der Waals surface area contributed by atoms with Crippen molar-refractivity contribution in [3.63, 3.8) is 0 Å². The van der Waals surface area contributed by atoms with Gasteiger partial charge >= 0.3 is 0 Å². The molecule has 0 aromatic heterocycles. The molecular formula is C17H24. The molecule has 0 aliphatic carbocycles. The summed E-state index contributed by atoms with van der Waals surface area (Å²) in [6.45, 7) is 7.66. The Kier molecular flexibility index (Phi) is 7.13. The first-order valence-corrected chi connectivity index (χ1v) is 6.64. The standard InChI is InChI=1S/C17H24/c1-3-11-16(4-2)12-7-5-8-13-17-14-9-6-10-15-17/h3-4,6,9-10,14-16H,1-2,5,7-8,11-13H2. The minimum atomic E-state index is 0.629. The Bertz CT molecular complexity index is 310. The normalized spacial score (nSPS) is 12.0. The Hall–Kier alpha value is -1.30. The molecule has 1 aromatic rings. The van der Waals surface area contributed by atoms with Gasteiger partial charge in [-0.3, -0.25) is 0 Å². The lowest BCUT2D eigenvalue weighted by Crippen LogP contribution is -1.94. The first-order valence-electron chi connectivity index (χ1n) is 6.64. The second kappa shape index (κ2) is 8.81. The first kappa shape index (κ1) is 13.8. The molecule has 1 unspecified atom stereocenters. The molecule has 0 spiro atoms. The smallest absolute Gasteiger partial charge is 0.0202 e. The SMILES string of the molecule is C=CCC(C=C)CCCCCc1ccccc1. The van der Waals surface area contributed by atoms with Crippen LogP contribution in [0.25, 0.3) is 0 Å². The highest BCUT2D eigenvalue weighted by atomic mass is 14.1. The van der Waals surface area contributed by atoms with Gasteiger partial charge in [-0.1, -0.05) is 55.3 Å². The lowest BCUT2D eigenvalue weighted by atomic mass is 9.97. The van der Waals surface area contributed by atoms with Gasteiger partial charge in [0.05, 0.1) is 0 Å². The number of allylic oxidation sites excluding steroid dienone is 2. The van der Waals surface area contributed by atoms with Gasteiger partial charge in [-0.05, 0) is 37.2 Å². The molecule has 0 aliphatic heterocycles. The Morgan fingerprint density at radius 1 is 1.00 bits per heavy atom. The zero-order valence-corrected chi connectivity index (χ0v) is 10.8. The largest absolute Gasteiger partial charge is 0.103 e. The van der Waals surface area contributed by atoms with Crippen LogP contribution in [0.3, 0.4) is 0 Å². The molecule has 1 rings (SSSR count). The molecule has 0 N–H and O–H groups in total. The summed E-state index contributed by atoms with van der Waals surface area (Å²) >= 11 is 0.